The Morgan fingerprint density at radius 3 is 1.45 bits per heavy atom. The lowest BCUT2D eigenvalue weighted by molar-refractivity contribution is 0.124. The molecule has 3 fully saturated rings. The van der Waals surface area contributed by atoms with Gasteiger partial charge in [0, 0.05) is 0 Å². The van der Waals surface area contributed by atoms with E-state index in [1.165, 1.54) is 77.0 Å². The van der Waals surface area contributed by atoms with E-state index in [0.29, 0.717) is 0 Å². The first-order chi connectivity index (χ1) is 15.3. The third kappa shape index (κ3) is 6.51. The van der Waals surface area contributed by atoms with E-state index in [4.69, 9.17) is 0 Å². The summed E-state index contributed by atoms with van der Waals surface area (Å²) in [5.41, 5.74) is 0. The van der Waals surface area contributed by atoms with Crippen LogP contribution in [0.2, 0.25) is 0 Å². The molecule has 176 valence electrons. The molecule has 0 bridgehead atoms. The quantitative estimate of drug-likeness (QED) is 0.340. The molecule has 0 radical (unpaired) electrons. The maximum atomic E-state index is 3.91. The topological polar surface area (TPSA) is 0 Å². The fraction of sp³-hybridized carbons (Fsp3) is 0.871. The lowest BCUT2D eigenvalue weighted by Gasteiger charge is -2.41. The minimum atomic E-state index is 0.909. The highest BCUT2D eigenvalue weighted by Crippen LogP contribution is 2.46. The van der Waals surface area contributed by atoms with Gasteiger partial charge >= 0.3 is 0 Å². The Hall–Kier alpha value is -0.520. The largest absolute Gasteiger partial charge is 0.103 e. The molecule has 4 aliphatic rings. The van der Waals surface area contributed by atoms with E-state index in [-0.39, 0.29) is 0 Å². The summed E-state index contributed by atoms with van der Waals surface area (Å²) in [4.78, 5) is 0. The molecule has 0 N–H and O–H groups in total. The van der Waals surface area contributed by atoms with E-state index < -0.39 is 0 Å². The third-order valence-electron chi connectivity index (χ3n) is 10.4. The maximum Gasteiger partial charge on any atom is -0.0205 e. The number of hydrogen-bond donors (Lipinski definition) is 0. The van der Waals surface area contributed by atoms with Gasteiger partial charge in [-0.3, -0.25) is 0 Å². The lowest BCUT2D eigenvalue weighted by Crippen LogP contribution is -2.29. The molecule has 0 aromatic rings. The van der Waals surface area contributed by atoms with E-state index in [1.54, 1.807) is 38.5 Å². The molecule has 0 aliphatic heterocycles. The van der Waals surface area contributed by atoms with Crippen LogP contribution in [-0.2, 0) is 0 Å². The molecule has 0 saturated heterocycles. The van der Waals surface area contributed by atoms with Gasteiger partial charge in [-0.15, -0.1) is 6.58 Å². The van der Waals surface area contributed by atoms with Gasteiger partial charge in [0.1, 0.15) is 0 Å². The second-order valence-corrected chi connectivity index (χ2v) is 12.2. The van der Waals surface area contributed by atoms with Gasteiger partial charge in [-0.25, -0.2) is 0 Å². The minimum absolute atomic E-state index is 0.909. The summed E-state index contributed by atoms with van der Waals surface area (Å²) in [6.07, 6.45) is 34.3. The zero-order valence-electron chi connectivity index (χ0n) is 20.8. The predicted molar refractivity (Wildman–Crippen MR) is 136 cm³/mol. The second kappa shape index (κ2) is 12.1. The van der Waals surface area contributed by atoms with Crippen LogP contribution >= 0.6 is 0 Å². The van der Waals surface area contributed by atoms with E-state index >= 15 is 0 Å². The van der Waals surface area contributed by atoms with Crippen molar-refractivity contribution in [3.63, 3.8) is 0 Å². The van der Waals surface area contributed by atoms with Gasteiger partial charge in [0.2, 0.25) is 0 Å². The number of rotatable bonds is 8. The van der Waals surface area contributed by atoms with Gasteiger partial charge in [0.05, 0.1) is 0 Å². The Bertz CT molecular complexity index is 534. The van der Waals surface area contributed by atoms with E-state index in [2.05, 4.69) is 31.7 Å². The molecule has 2 atom stereocenters. The number of hydrogen-bond acceptors (Lipinski definition) is 0. The van der Waals surface area contributed by atoms with Crippen LogP contribution < -0.4 is 0 Å². The SMILES string of the molecule is C=CCCC1CCC(C2C=CC(C3CCC(C4CCC(CCC)CC4)CC3)CC2)CC1. The van der Waals surface area contributed by atoms with Crippen LogP contribution in [-0.4, -0.2) is 0 Å². The van der Waals surface area contributed by atoms with Crippen molar-refractivity contribution in [1.29, 1.82) is 0 Å². The van der Waals surface area contributed by atoms with E-state index in [9.17, 15) is 0 Å². The van der Waals surface area contributed by atoms with Crippen molar-refractivity contribution in [3.8, 4) is 0 Å². The zero-order chi connectivity index (χ0) is 21.5. The van der Waals surface area contributed by atoms with Crippen molar-refractivity contribution in [3.05, 3.63) is 24.8 Å². The Morgan fingerprint density at radius 1 is 0.581 bits per heavy atom. The van der Waals surface area contributed by atoms with E-state index in [0.717, 1.165) is 47.3 Å². The smallest absolute Gasteiger partial charge is 0.0205 e. The molecule has 0 heterocycles. The monoisotopic (exact) mass is 424 g/mol. The van der Waals surface area contributed by atoms with Gasteiger partial charge in [-0.1, -0.05) is 63.7 Å². The molecule has 0 spiro atoms. The zero-order valence-corrected chi connectivity index (χ0v) is 20.8. The molecular formula is C31H52. The highest BCUT2D eigenvalue weighted by Gasteiger charge is 2.34. The molecule has 0 heteroatoms. The van der Waals surface area contributed by atoms with Gasteiger partial charge in [0.15, 0.2) is 0 Å². The normalized spacial score (nSPS) is 41.7. The van der Waals surface area contributed by atoms with Gasteiger partial charge < -0.3 is 0 Å². The van der Waals surface area contributed by atoms with Gasteiger partial charge in [0.25, 0.3) is 0 Å². The molecule has 3 saturated carbocycles. The van der Waals surface area contributed by atoms with Crippen LogP contribution in [0.1, 0.15) is 122 Å². The lowest BCUT2D eigenvalue weighted by atomic mass is 9.65. The molecule has 0 amide bonds. The summed E-state index contributed by atoms with van der Waals surface area (Å²) in [6, 6.07) is 0. The molecule has 4 aliphatic carbocycles. The Labute approximate surface area is 194 Å². The van der Waals surface area contributed by atoms with Crippen molar-refractivity contribution in [1.82, 2.24) is 0 Å². The summed E-state index contributed by atoms with van der Waals surface area (Å²) in [6.45, 7) is 6.27. The average molecular weight is 425 g/mol. The molecule has 4 rings (SSSR count). The molecule has 0 aromatic carbocycles. The van der Waals surface area contributed by atoms with Crippen LogP contribution in [0.5, 0.6) is 0 Å². The van der Waals surface area contributed by atoms with Crippen LogP contribution in [0.4, 0.5) is 0 Å². The fourth-order valence-electron chi connectivity index (χ4n) is 8.31. The first kappa shape index (κ1) is 23.6. The van der Waals surface area contributed by atoms with Crippen LogP contribution in [0.3, 0.4) is 0 Å². The van der Waals surface area contributed by atoms with Gasteiger partial charge in [-0.2, -0.15) is 0 Å². The molecule has 2 unspecified atom stereocenters. The summed E-state index contributed by atoms with van der Waals surface area (Å²) in [5.74, 6) is 8.06. The Morgan fingerprint density at radius 2 is 1.00 bits per heavy atom. The van der Waals surface area contributed by atoms with Crippen molar-refractivity contribution in [2.45, 2.75) is 122 Å². The maximum absolute atomic E-state index is 3.91. The molecule has 0 nitrogen and oxygen atoms in total. The fourth-order valence-corrected chi connectivity index (χ4v) is 8.31. The summed E-state index contributed by atoms with van der Waals surface area (Å²) in [5, 5.41) is 0. The van der Waals surface area contributed by atoms with Crippen LogP contribution in [0.15, 0.2) is 24.8 Å². The van der Waals surface area contributed by atoms with Crippen LogP contribution in [0.25, 0.3) is 0 Å². The molecule has 0 aromatic heterocycles. The molecular weight excluding hydrogens is 372 g/mol. The highest BCUT2D eigenvalue weighted by atomic mass is 14.4. The summed E-state index contributed by atoms with van der Waals surface area (Å²) in [7, 11) is 0. The third-order valence-corrected chi connectivity index (χ3v) is 10.4. The summed E-state index contributed by atoms with van der Waals surface area (Å²) >= 11 is 0. The summed E-state index contributed by atoms with van der Waals surface area (Å²) < 4.78 is 0. The van der Waals surface area contributed by atoms with Gasteiger partial charge in [-0.05, 0) is 124 Å². The predicted octanol–water partition coefficient (Wildman–Crippen LogP) is 9.75. The first-order valence-electron chi connectivity index (χ1n) is 14.6. The number of allylic oxidation sites excluding steroid dienone is 3. The van der Waals surface area contributed by atoms with E-state index in [1.807, 2.05) is 0 Å². The van der Waals surface area contributed by atoms with Crippen LogP contribution in [0, 0.1) is 47.3 Å². The highest BCUT2D eigenvalue weighted by molar-refractivity contribution is 5.03. The van der Waals surface area contributed by atoms with Crippen molar-refractivity contribution >= 4 is 0 Å². The van der Waals surface area contributed by atoms with Crippen molar-refractivity contribution in [2.24, 2.45) is 47.3 Å². The average Bonchev–Trinajstić information content (AvgIpc) is 2.84. The van der Waals surface area contributed by atoms with Crippen molar-refractivity contribution in [2.75, 3.05) is 0 Å². The minimum Gasteiger partial charge on any atom is -0.103 e. The Balaban J connectivity index is 1.16. The second-order valence-electron chi connectivity index (χ2n) is 12.2. The Kier molecular flexibility index (Phi) is 9.21. The standard InChI is InChI=1S/C31H52/c1-3-5-7-25-10-14-27(15-11-25)29-18-22-31(23-19-29)30-20-16-28(17-21-30)26-12-8-24(6-4-2)9-13-26/h3,18,22,24-31H,1,4-17,19-21,23H2,2H3. The first-order valence-corrected chi connectivity index (χ1v) is 14.6. The van der Waals surface area contributed by atoms with Crippen molar-refractivity contribution < 1.29 is 0 Å². The molecule has 31 heavy (non-hydrogen) atoms.